The van der Waals surface area contributed by atoms with Crippen LogP contribution in [0.25, 0.3) is 0 Å². The van der Waals surface area contributed by atoms with Crippen molar-refractivity contribution in [3.63, 3.8) is 0 Å². The van der Waals surface area contributed by atoms with Crippen LogP contribution >= 0.6 is 79.6 Å². The maximum Gasteiger partial charge on any atom is 0.0950 e. The molecule has 1 aromatic rings. The smallest absolute Gasteiger partial charge is 0.0712 e. The van der Waals surface area contributed by atoms with Crippen molar-refractivity contribution in [1.29, 1.82) is 0 Å². The monoisotopic (exact) mass is 496 g/mol. The molecule has 0 nitrogen and oxygen atoms in total. The quantitative estimate of drug-likeness (QED) is 0.435. The van der Waals surface area contributed by atoms with E-state index in [1.54, 1.807) is 0 Å². The number of hydrogen-bond donors (Lipinski definition) is 0. The number of benzene rings is 1. The Bertz CT molecular complexity index is 295. The standard InChI is InChI=1S/C8H5Br5/c9-4-1-2-5(7(10)11)6(3-4)8(12)13/h1-3,7-8H. The van der Waals surface area contributed by atoms with E-state index < -0.39 is 0 Å². The largest absolute Gasteiger partial charge is 0.0950 e. The van der Waals surface area contributed by atoms with Crippen molar-refractivity contribution in [2.45, 2.75) is 7.47 Å². The second-order valence-corrected chi connectivity index (χ2v) is 9.41. The van der Waals surface area contributed by atoms with Crippen LogP contribution in [-0.2, 0) is 0 Å². The van der Waals surface area contributed by atoms with Crippen molar-refractivity contribution in [3.05, 3.63) is 33.8 Å². The predicted molar refractivity (Wildman–Crippen MR) is 75.3 cm³/mol. The molecule has 0 heterocycles. The lowest BCUT2D eigenvalue weighted by molar-refractivity contribution is 1.28. The van der Waals surface area contributed by atoms with Gasteiger partial charge >= 0.3 is 0 Å². The summed E-state index contributed by atoms with van der Waals surface area (Å²) in [4.78, 5) is 0. The summed E-state index contributed by atoms with van der Waals surface area (Å²) < 4.78 is 1.43. The van der Waals surface area contributed by atoms with Gasteiger partial charge < -0.3 is 0 Å². The van der Waals surface area contributed by atoms with Crippen molar-refractivity contribution >= 4 is 79.6 Å². The Hall–Kier alpha value is 1.62. The summed E-state index contributed by atoms with van der Waals surface area (Å²) in [5.41, 5.74) is 2.41. The summed E-state index contributed by atoms with van der Waals surface area (Å²) in [6.07, 6.45) is 0. The fraction of sp³-hybridized carbons (Fsp3) is 0.250. The highest BCUT2D eigenvalue weighted by molar-refractivity contribution is 9.24. The zero-order valence-corrected chi connectivity index (χ0v) is 14.2. The molecule has 0 aliphatic rings. The lowest BCUT2D eigenvalue weighted by Crippen LogP contribution is -1.91. The fourth-order valence-corrected chi connectivity index (χ4v) is 2.94. The fourth-order valence-electron chi connectivity index (χ4n) is 0.933. The molecule has 0 N–H and O–H groups in total. The van der Waals surface area contributed by atoms with E-state index in [9.17, 15) is 0 Å². The highest BCUT2D eigenvalue weighted by atomic mass is 79.9. The zero-order valence-electron chi connectivity index (χ0n) is 6.28. The molecule has 13 heavy (non-hydrogen) atoms. The first kappa shape index (κ1) is 12.7. The zero-order chi connectivity index (χ0) is 10.0. The van der Waals surface area contributed by atoms with Gasteiger partial charge in [0.2, 0.25) is 0 Å². The van der Waals surface area contributed by atoms with Crippen LogP contribution in [0.5, 0.6) is 0 Å². The van der Waals surface area contributed by atoms with E-state index in [1.165, 1.54) is 11.1 Å². The third kappa shape index (κ3) is 3.59. The Morgan fingerprint density at radius 3 is 1.85 bits per heavy atom. The SMILES string of the molecule is Brc1ccc(C(Br)Br)c(C(Br)Br)c1. The molecule has 5 heteroatoms. The lowest BCUT2D eigenvalue weighted by Gasteiger charge is -2.11. The summed E-state index contributed by atoms with van der Waals surface area (Å²) in [7, 11) is 0. The van der Waals surface area contributed by atoms with Crippen LogP contribution in [0.3, 0.4) is 0 Å². The lowest BCUT2D eigenvalue weighted by atomic mass is 10.1. The van der Waals surface area contributed by atoms with Gasteiger partial charge in [0.25, 0.3) is 0 Å². The molecule has 0 aliphatic carbocycles. The van der Waals surface area contributed by atoms with Crippen LogP contribution in [-0.4, -0.2) is 0 Å². The van der Waals surface area contributed by atoms with Crippen LogP contribution in [0.4, 0.5) is 0 Å². The highest BCUT2D eigenvalue weighted by Crippen LogP contribution is 2.40. The molecule has 72 valence electrons. The van der Waals surface area contributed by atoms with E-state index in [0.29, 0.717) is 0 Å². The Morgan fingerprint density at radius 1 is 0.846 bits per heavy atom. The Kier molecular flexibility index (Phi) is 5.50. The van der Waals surface area contributed by atoms with Gasteiger partial charge in [0.05, 0.1) is 7.47 Å². The van der Waals surface area contributed by atoms with Gasteiger partial charge in [0.1, 0.15) is 0 Å². The minimum Gasteiger partial charge on any atom is -0.0712 e. The van der Waals surface area contributed by atoms with Crippen LogP contribution in [0.15, 0.2) is 22.7 Å². The number of rotatable bonds is 2. The molecular weight excluding hydrogens is 496 g/mol. The van der Waals surface area contributed by atoms with E-state index in [4.69, 9.17) is 0 Å². The van der Waals surface area contributed by atoms with Gasteiger partial charge in [0.15, 0.2) is 0 Å². The van der Waals surface area contributed by atoms with Crippen molar-refractivity contribution in [1.82, 2.24) is 0 Å². The minimum absolute atomic E-state index is 0.171. The minimum atomic E-state index is 0.171. The first-order valence-corrected chi connectivity index (χ1v) is 7.83. The van der Waals surface area contributed by atoms with Gasteiger partial charge in [-0.25, -0.2) is 0 Å². The van der Waals surface area contributed by atoms with Gasteiger partial charge in [-0.1, -0.05) is 85.7 Å². The van der Waals surface area contributed by atoms with Crippen LogP contribution < -0.4 is 0 Å². The molecule has 0 bridgehead atoms. The molecular formula is C8H5Br5. The number of alkyl halides is 4. The second-order valence-electron chi connectivity index (χ2n) is 2.37. The number of hydrogen-bond acceptors (Lipinski definition) is 0. The summed E-state index contributed by atoms with van der Waals surface area (Å²) in [5, 5.41) is 0. The molecule has 0 aromatic heterocycles. The van der Waals surface area contributed by atoms with Gasteiger partial charge in [-0.3, -0.25) is 0 Å². The van der Waals surface area contributed by atoms with Crippen molar-refractivity contribution in [2.24, 2.45) is 0 Å². The normalized spacial score (nSPS) is 11.3. The molecule has 0 amide bonds. The Balaban J connectivity index is 3.19. The molecule has 0 unspecified atom stereocenters. The van der Waals surface area contributed by atoms with Gasteiger partial charge in [-0.2, -0.15) is 0 Å². The molecule has 0 spiro atoms. The summed E-state index contributed by atoms with van der Waals surface area (Å²) in [6, 6.07) is 6.18. The Morgan fingerprint density at radius 2 is 1.38 bits per heavy atom. The van der Waals surface area contributed by atoms with Crippen molar-refractivity contribution < 1.29 is 0 Å². The van der Waals surface area contributed by atoms with Crippen molar-refractivity contribution in [2.75, 3.05) is 0 Å². The Labute approximate surface area is 119 Å². The first-order chi connectivity index (χ1) is 6.02. The van der Waals surface area contributed by atoms with Gasteiger partial charge in [-0.15, -0.1) is 0 Å². The summed E-state index contributed by atoms with van der Waals surface area (Å²) >= 11 is 17.4. The van der Waals surface area contributed by atoms with E-state index in [0.717, 1.165) is 4.47 Å². The molecule has 0 fully saturated rings. The van der Waals surface area contributed by atoms with E-state index in [1.807, 2.05) is 6.07 Å². The number of halogens is 5. The average Bonchev–Trinajstić information content (AvgIpc) is 2.03. The maximum absolute atomic E-state index is 3.49. The van der Waals surface area contributed by atoms with Crippen molar-refractivity contribution in [3.8, 4) is 0 Å². The molecule has 0 radical (unpaired) electrons. The van der Waals surface area contributed by atoms with E-state index in [2.05, 4.69) is 91.8 Å². The second kappa shape index (κ2) is 5.64. The van der Waals surface area contributed by atoms with Gasteiger partial charge in [0, 0.05) is 4.47 Å². The topological polar surface area (TPSA) is 0 Å². The molecule has 0 atom stereocenters. The van der Waals surface area contributed by atoms with Crippen LogP contribution in [0, 0.1) is 0 Å². The third-order valence-corrected chi connectivity index (χ3v) is 3.99. The average molecular weight is 501 g/mol. The molecule has 0 aliphatic heterocycles. The van der Waals surface area contributed by atoms with Crippen LogP contribution in [0.2, 0.25) is 0 Å². The maximum atomic E-state index is 3.49. The highest BCUT2D eigenvalue weighted by Gasteiger charge is 2.13. The molecule has 1 aromatic carbocycles. The summed E-state index contributed by atoms with van der Waals surface area (Å²) in [5.74, 6) is 0. The van der Waals surface area contributed by atoms with E-state index in [-0.39, 0.29) is 7.47 Å². The predicted octanol–water partition coefficient (Wildman–Crippen LogP) is 6.03. The van der Waals surface area contributed by atoms with E-state index >= 15 is 0 Å². The van der Waals surface area contributed by atoms with Gasteiger partial charge in [-0.05, 0) is 23.3 Å². The third-order valence-electron chi connectivity index (χ3n) is 1.52. The summed E-state index contributed by atoms with van der Waals surface area (Å²) in [6.45, 7) is 0. The first-order valence-electron chi connectivity index (χ1n) is 3.38. The molecule has 0 saturated heterocycles. The molecule has 1 rings (SSSR count). The van der Waals surface area contributed by atoms with Crippen LogP contribution in [0.1, 0.15) is 18.6 Å². The molecule has 0 saturated carbocycles.